The van der Waals surface area contributed by atoms with Crippen molar-refractivity contribution >= 4 is 11.9 Å². The molecule has 1 aliphatic heterocycles. The van der Waals surface area contributed by atoms with Crippen molar-refractivity contribution in [3.05, 3.63) is 17.5 Å². The van der Waals surface area contributed by atoms with Crippen LogP contribution in [0.1, 0.15) is 76.1 Å². The number of anilines is 1. The fourth-order valence-electron chi connectivity index (χ4n) is 4.91. The summed E-state index contributed by atoms with van der Waals surface area (Å²) in [6.45, 7) is 5.84. The van der Waals surface area contributed by atoms with Gasteiger partial charge >= 0.3 is 0 Å². The van der Waals surface area contributed by atoms with E-state index in [0.717, 1.165) is 49.6 Å². The van der Waals surface area contributed by atoms with Gasteiger partial charge in [0.25, 0.3) is 0 Å². The molecular formula is C21H32N4O2. The van der Waals surface area contributed by atoms with Gasteiger partial charge in [-0.25, -0.2) is 9.97 Å². The summed E-state index contributed by atoms with van der Waals surface area (Å²) in [6, 6.07) is 0.0687. The number of hydrogen-bond acceptors (Lipinski definition) is 5. The van der Waals surface area contributed by atoms with E-state index in [2.05, 4.69) is 29.0 Å². The van der Waals surface area contributed by atoms with Crippen LogP contribution < -0.4 is 10.2 Å². The number of rotatable bonds is 4. The highest BCUT2D eigenvalue weighted by atomic mass is 16.5. The van der Waals surface area contributed by atoms with Crippen LogP contribution >= 0.6 is 0 Å². The van der Waals surface area contributed by atoms with Crippen LogP contribution in [0.15, 0.2) is 6.20 Å². The van der Waals surface area contributed by atoms with Crippen molar-refractivity contribution in [1.29, 1.82) is 0 Å². The Labute approximate surface area is 162 Å². The molecular weight excluding hydrogens is 340 g/mol. The fourth-order valence-corrected chi connectivity index (χ4v) is 4.91. The molecule has 2 heterocycles. The van der Waals surface area contributed by atoms with Crippen LogP contribution in [-0.4, -0.2) is 41.2 Å². The van der Waals surface area contributed by atoms with E-state index in [-0.39, 0.29) is 24.2 Å². The third kappa shape index (κ3) is 4.42. The number of aryl methyl sites for hydroxylation is 1. The highest BCUT2D eigenvalue weighted by molar-refractivity contribution is 5.76. The summed E-state index contributed by atoms with van der Waals surface area (Å²) in [4.78, 5) is 24.2. The van der Waals surface area contributed by atoms with Crippen molar-refractivity contribution in [2.24, 2.45) is 5.92 Å². The van der Waals surface area contributed by atoms with Gasteiger partial charge in [-0.3, -0.25) is 4.79 Å². The highest BCUT2D eigenvalue weighted by Gasteiger charge is 2.28. The van der Waals surface area contributed by atoms with E-state index in [1.807, 2.05) is 6.20 Å². The SMILES string of the molecule is C[C@@H]1CN(c2ncc3c(n2)CCC[C@H]3NC(=O)CC2CCCC2)C[C@H](C)O1. The minimum absolute atomic E-state index is 0.0687. The minimum atomic E-state index is 0.0687. The molecule has 6 heteroatoms. The lowest BCUT2D eigenvalue weighted by Crippen LogP contribution is -2.46. The molecule has 1 aromatic heterocycles. The second-order valence-electron chi connectivity index (χ2n) is 8.60. The molecule has 1 amide bonds. The molecule has 0 bridgehead atoms. The lowest BCUT2D eigenvalue weighted by Gasteiger charge is -2.36. The summed E-state index contributed by atoms with van der Waals surface area (Å²) >= 11 is 0. The number of nitrogens with one attached hydrogen (secondary N) is 1. The molecule has 27 heavy (non-hydrogen) atoms. The van der Waals surface area contributed by atoms with E-state index in [0.29, 0.717) is 12.3 Å². The molecule has 2 aliphatic carbocycles. The van der Waals surface area contributed by atoms with Crippen molar-refractivity contribution in [3.8, 4) is 0 Å². The fraction of sp³-hybridized carbons (Fsp3) is 0.762. The maximum atomic E-state index is 12.5. The number of ether oxygens (including phenoxy) is 1. The molecule has 0 radical (unpaired) electrons. The molecule has 6 nitrogen and oxygen atoms in total. The molecule has 2 fully saturated rings. The third-order valence-corrected chi connectivity index (χ3v) is 6.16. The summed E-state index contributed by atoms with van der Waals surface area (Å²) in [5.41, 5.74) is 2.21. The average Bonchev–Trinajstić information content (AvgIpc) is 3.13. The van der Waals surface area contributed by atoms with E-state index in [9.17, 15) is 4.79 Å². The first-order valence-electron chi connectivity index (χ1n) is 10.6. The summed E-state index contributed by atoms with van der Waals surface area (Å²) in [7, 11) is 0. The molecule has 148 valence electrons. The summed E-state index contributed by atoms with van der Waals surface area (Å²) in [5.74, 6) is 1.57. The Kier molecular flexibility index (Phi) is 5.62. The predicted molar refractivity (Wildman–Crippen MR) is 105 cm³/mol. The normalized spacial score (nSPS) is 28.8. The minimum Gasteiger partial charge on any atom is -0.372 e. The third-order valence-electron chi connectivity index (χ3n) is 6.16. The Balaban J connectivity index is 1.44. The van der Waals surface area contributed by atoms with Crippen LogP contribution in [0, 0.1) is 5.92 Å². The van der Waals surface area contributed by atoms with E-state index in [4.69, 9.17) is 9.72 Å². The van der Waals surface area contributed by atoms with Crippen LogP contribution in [0.25, 0.3) is 0 Å². The van der Waals surface area contributed by atoms with Gasteiger partial charge in [-0.15, -0.1) is 0 Å². The lowest BCUT2D eigenvalue weighted by atomic mass is 9.92. The number of hydrogen-bond donors (Lipinski definition) is 1. The second kappa shape index (κ2) is 8.13. The molecule has 0 aromatic carbocycles. The maximum Gasteiger partial charge on any atom is 0.225 e. The van der Waals surface area contributed by atoms with Gasteiger partial charge in [0, 0.05) is 31.3 Å². The van der Waals surface area contributed by atoms with E-state index in [1.54, 1.807) is 0 Å². The van der Waals surface area contributed by atoms with Crippen LogP contribution in [0.2, 0.25) is 0 Å². The van der Waals surface area contributed by atoms with Gasteiger partial charge in [0.1, 0.15) is 0 Å². The molecule has 1 aromatic rings. The van der Waals surface area contributed by atoms with E-state index in [1.165, 1.54) is 25.7 Å². The van der Waals surface area contributed by atoms with Gasteiger partial charge in [0.2, 0.25) is 11.9 Å². The number of nitrogens with zero attached hydrogens (tertiary/aromatic N) is 3. The number of carbonyl (C=O) groups is 1. The molecule has 1 N–H and O–H groups in total. The Hall–Kier alpha value is -1.69. The quantitative estimate of drug-likeness (QED) is 0.879. The van der Waals surface area contributed by atoms with Gasteiger partial charge in [0.05, 0.1) is 23.9 Å². The Morgan fingerprint density at radius 3 is 2.67 bits per heavy atom. The average molecular weight is 373 g/mol. The molecule has 1 saturated carbocycles. The first-order valence-corrected chi connectivity index (χ1v) is 10.6. The molecule has 3 atom stereocenters. The smallest absolute Gasteiger partial charge is 0.225 e. The Morgan fingerprint density at radius 2 is 1.93 bits per heavy atom. The van der Waals surface area contributed by atoms with Crippen molar-refractivity contribution < 1.29 is 9.53 Å². The van der Waals surface area contributed by atoms with Gasteiger partial charge in [-0.05, 0) is 51.9 Å². The number of morpholine rings is 1. The molecule has 1 saturated heterocycles. The number of aromatic nitrogens is 2. The molecule has 4 rings (SSSR count). The zero-order chi connectivity index (χ0) is 18.8. The highest BCUT2D eigenvalue weighted by Crippen LogP contribution is 2.31. The number of fused-ring (bicyclic) bond motifs is 1. The summed E-state index contributed by atoms with van der Waals surface area (Å²) in [6.07, 6.45) is 11.0. The summed E-state index contributed by atoms with van der Waals surface area (Å²) < 4.78 is 5.82. The van der Waals surface area contributed by atoms with Crippen LogP contribution in [-0.2, 0) is 16.0 Å². The van der Waals surface area contributed by atoms with Gasteiger partial charge < -0.3 is 15.0 Å². The molecule has 0 spiro atoms. The molecule has 3 aliphatic rings. The van der Waals surface area contributed by atoms with E-state index < -0.39 is 0 Å². The van der Waals surface area contributed by atoms with Gasteiger partial charge in [-0.2, -0.15) is 0 Å². The van der Waals surface area contributed by atoms with Crippen molar-refractivity contribution in [2.45, 2.75) is 83.5 Å². The maximum absolute atomic E-state index is 12.5. The summed E-state index contributed by atoms with van der Waals surface area (Å²) in [5, 5.41) is 3.26. The zero-order valence-electron chi connectivity index (χ0n) is 16.6. The van der Waals surface area contributed by atoms with E-state index >= 15 is 0 Å². The van der Waals surface area contributed by atoms with Crippen molar-refractivity contribution in [2.75, 3.05) is 18.0 Å². The van der Waals surface area contributed by atoms with Crippen LogP contribution in [0.3, 0.4) is 0 Å². The van der Waals surface area contributed by atoms with Gasteiger partial charge in [-0.1, -0.05) is 12.8 Å². The Morgan fingerprint density at radius 1 is 1.19 bits per heavy atom. The van der Waals surface area contributed by atoms with Crippen molar-refractivity contribution in [1.82, 2.24) is 15.3 Å². The second-order valence-corrected chi connectivity index (χ2v) is 8.60. The topological polar surface area (TPSA) is 67.4 Å². The van der Waals surface area contributed by atoms with Crippen molar-refractivity contribution in [3.63, 3.8) is 0 Å². The Bertz CT molecular complexity index is 664. The van der Waals surface area contributed by atoms with Gasteiger partial charge in [0.15, 0.2) is 0 Å². The first-order chi connectivity index (χ1) is 13.1. The zero-order valence-corrected chi connectivity index (χ0v) is 16.6. The first kappa shape index (κ1) is 18.7. The number of amides is 1. The van der Waals surface area contributed by atoms with Crippen LogP contribution in [0.5, 0.6) is 0 Å². The largest absolute Gasteiger partial charge is 0.372 e. The lowest BCUT2D eigenvalue weighted by molar-refractivity contribution is -0.122. The number of carbonyl (C=O) groups excluding carboxylic acids is 1. The predicted octanol–water partition coefficient (Wildman–Crippen LogP) is 3.16. The standard InChI is InChI=1S/C21H32N4O2/c1-14-12-25(13-15(2)27-14)21-22-11-17-18(8-5-9-19(17)24-21)23-20(26)10-16-6-3-4-7-16/h11,14-16,18H,3-10,12-13H2,1-2H3,(H,23,26)/t14-,15+,18-/m1/s1. The van der Waals surface area contributed by atoms with Crippen LogP contribution in [0.4, 0.5) is 5.95 Å². The monoisotopic (exact) mass is 372 g/mol. The molecule has 0 unspecified atom stereocenters.